The van der Waals surface area contributed by atoms with E-state index in [-0.39, 0.29) is 6.04 Å². The molecule has 0 radical (unpaired) electrons. The van der Waals surface area contributed by atoms with Crippen LogP contribution in [0.25, 0.3) is 0 Å². The van der Waals surface area contributed by atoms with E-state index in [1.165, 1.54) is 5.56 Å². The van der Waals surface area contributed by atoms with Gasteiger partial charge in [-0.05, 0) is 18.4 Å². The van der Waals surface area contributed by atoms with Crippen LogP contribution in [0.1, 0.15) is 25.3 Å². The topological polar surface area (TPSA) is 12.0 Å². The van der Waals surface area contributed by atoms with Crippen molar-refractivity contribution >= 4 is 0 Å². The second-order valence-electron chi connectivity index (χ2n) is 3.61. The number of hydrogen-bond donors (Lipinski definition) is 1. The molecule has 0 amide bonds. The zero-order valence-corrected chi connectivity index (χ0v) is 8.83. The van der Waals surface area contributed by atoms with Crippen LogP contribution in [-0.4, -0.2) is 12.6 Å². The molecule has 0 heterocycles. The molecule has 1 aromatic carbocycles. The van der Waals surface area contributed by atoms with E-state index < -0.39 is 0 Å². The van der Waals surface area contributed by atoms with Gasteiger partial charge in [0, 0.05) is 6.54 Å². The first-order valence-electron chi connectivity index (χ1n) is 4.98. The van der Waals surface area contributed by atoms with E-state index >= 15 is 0 Å². The van der Waals surface area contributed by atoms with E-state index in [0.29, 0.717) is 5.92 Å². The molecule has 1 aromatic rings. The monoisotopic (exact) mass is 187 g/mol. The fourth-order valence-corrected chi connectivity index (χ4v) is 1.31. The highest BCUT2D eigenvalue weighted by Gasteiger charge is 2.05. The molecule has 1 rings (SSSR count). The van der Waals surface area contributed by atoms with E-state index in [1.807, 2.05) is 13.0 Å². The number of terminal acetylenes is 1. The molecule has 0 saturated carbocycles. The average Bonchev–Trinajstić information content (AvgIpc) is 2.26. The van der Waals surface area contributed by atoms with Crippen molar-refractivity contribution in [3.8, 4) is 12.3 Å². The van der Waals surface area contributed by atoms with Gasteiger partial charge in [0.05, 0.1) is 6.04 Å². The SMILES string of the molecule is C#CC(C)NCC(C)c1ccccc1. The van der Waals surface area contributed by atoms with Crippen LogP contribution in [0.15, 0.2) is 30.3 Å². The normalized spacial score (nSPS) is 14.4. The second kappa shape index (κ2) is 5.47. The molecule has 0 aromatic heterocycles. The maximum absolute atomic E-state index is 5.28. The number of nitrogens with one attached hydrogen (secondary N) is 1. The van der Waals surface area contributed by atoms with Crippen molar-refractivity contribution in [2.75, 3.05) is 6.54 Å². The molecule has 14 heavy (non-hydrogen) atoms. The summed E-state index contributed by atoms with van der Waals surface area (Å²) in [5.74, 6) is 3.17. The minimum absolute atomic E-state index is 0.154. The lowest BCUT2D eigenvalue weighted by atomic mass is 10.0. The highest BCUT2D eigenvalue weighted by molar-refractivity contribution is 5.19. The molecule has 0 bridgehead atoms. The van der Waals surface area contributed by atoms with Crippen LogP contribution in [0.5, 0.6) is 0 Å². The third kappa shape index (κ3) is 3.24. The fourth-order valence-electron chi connectivity index (χ4n) is 1.31. The lowest BCUT2D eigenvalue weighted by Crippen LogP contribution is -2.28. The smallest absolute Gasteiger partial charge is 0.0658 e. The molecule has 0 aliphatic heterocycles. The second-order valence-corrected chi connectivity index (χ2v) is 3.61. The quantitative estimate of drug-likeness (QED) is 0.714. The molecular weight excluding hydrogens is 170 g/mol. The summed E-state index contributed by atoms with van der Waals surface area (Å²) in [6, 6.07) is 10.6. The minimum Gasteiger partial charge on any atom is -0.303 e. The van der Waals surface area contributed by atoms with Gasteiger partial charge in [-0.2, -0.15) is 0 Å². The highest BCUT2D eigenvalue weighted by atomic mass is 14.9. The summed E-state index contributed by atoms with van der Waals surface area (Å²) in [7, 11) is 0. The van der Waals surface area contributed by atoms with Gasteiger partial charge in [-0.3, -0.25) is 0 Å². The first-order chi connectivity index (χ1) is 6.74. The van der Waals surface area contributed by atoms with E-state index in [2.05, 4.69) is 42.4 Å². The summed E-state index contributed by atoms with van der Waals surface area (Å²) >= 11 is 0. The van der Waals surface area contributed by atoms with Gasteiger partial charge in [0.25, 0.3) is 0 Å². The zero-order valence-electron chi connectivity index (χ0n) is 8.83. The van der Waals surface area contributed by atoms with Gasteiger partial charge in [-0.25, -0.2) is 0 Å². The summed E-state index contributed by atoms with van der Waals surface area (Å²) in [5, 5.41) is 3.29. The summed E-state index contributed by atoms with van der Waals surface area (Å²) in [6.45, 7) is 5.12. The van der Waals surface area contributed by atoms with Gasteiger partial charge in [0.1, 0.15) is 0 Å². The Morgan fingerprint density at radius 2 is 1.93 bits per heavy atom. The molecule has 1 nitrogen and oxygen atoms in total. The molecule has 2 unspecified atom stereocenters. The molecular formula is C13H17N. The summed E-state index contributed by atoms with van der Waals surface area (Å²) in [5.41, 5.74) is 1.35. The first-order valence-corrected chi connectivity index (χ1v) is 4.98. The lowest BCUT2D eigenvalue weighted by molar-refractivity contribution is 0.588. The Hall–Kier alpha value is -1.26. The zero-order chi connectivity index (χ0) is 10.4. The van der Waals surface area contributed by atoms with Crippen LogP contribution in [-0.2, 0) is 0 Å². The van der Waals surface area contributed by atoms with E-state index in [9.17, 15) is 0 Å². The van der Waals surface area contributed by atoms with Gasteiger partial charge in [0.2, 0.25) is 0 Å². The maximum Gasteiger partial charge on any atom is 0.0658 e. The van der Waals surface area contributed by atoms with E-state index in [0.717, 1.165) is 6.54 Å². The van der Waals surface area contributed by atoms with Crippen molar-refractivity contribution < 1.29 is 0 Å². The minimum atomic E-state index is 0.154. The molecule has 0 aliphatic carbocycles. The molecule has 2 atom stereocenters. The van der Waals surface area contributed by atoms with Crippen LogP contribution in [0.3, 0.4) is 0 Å². The number of benzene rings is 1. The Morgan fingerprint density at radius 3 is 2.50 bits per heavy atom. The van der Waals surface area contributed by atoms with Crippen LogP contribution >= 0.6 is 0 Å². The maximum atomic E-state index is 5.28. The van der Waals surface area contributed by atoms with E-state index in [1.54, 1.807) is 0 Å². The van der Waals surface area contributed by atoms with Gasteiger partial charge in [-0.15, -0.1) is 6.42 Å². The number of rotatable bonds is 4. The predicted molar refractivity (Wildman–Crippen MR) is 61.2 cm³/mol. The van der Waals surface area contributed by atoms with Crippen LogP contribution in [0, 0.1) is 12.3 Å². The third-order valence-electron chi connectivity index (χ3n) is 2.35. The Bertz CT molecular complexity index is 297. The Labute approximate surface area is 86.5 Å². The summed E-state index contributed by atoms with van der Waals surface area (Å²) < 4.78 is 0. The molecule has 0 saturated heterocycles. The largest absolute Gasteiger partial charge is 0.303 e. The Morgan fingerprint density at radius 1 is 1.29 bits per heavy atom. The third-order valence-corrected chi connectivity index (χ3v) is 2.35. The van der Waals surface area contributed by atoms with Crippen LogP contribution in [0.2, 0.25) is 0 Å². The molecule has 1 heteroatoms. The number of hydrogen-bond acceptors (Lipinski definition) is 1. The van der Waals surface area contributed by atoms with Crippen molar-refractivity contribution in [2.24, 2.45) is 0 Å². The lowest BCUT2D eigenvalue weighted by Gasteiger charge is -2.14. The summed E-state index contributed by atoms with van der Waals surface area (Å²) in [6.07, 6.45) is 5.28. The molecule has 74 valence electrons. The van der Waals surface area contributed by atoms with Gasteiger partial charge in [-0.1, -0.05) is 43.2 Å². The fraction of sp³-hybridized carbons (Fsp3) is 0.385. The standard InChI is InChI=1S/C13H17N/c1-4-12(3)14-10-11(2)13-8-6-5-7-9-13/h1,5-9,11-12,14H,10H2,2-3H3. The first kappa shape index (κ1) is 10.8. The molecule has 0 aliphatic rings. The van der Waals surface area contributed by atoms with Crippen LogP contribution < -0.4 is 5.32 Å². The van der Waals surface area contributed by atoms with Gasteiger partial charge in [0.15, 0.2) is 0 Å². The van der Waals surface area contributed by atoms with Gasteiger partial charge < -0.3 is 5.32 Å². The van der Waals surface area contributed by atoms with Crippen molar-refractivity contribution in [1.29, 1.82) is 0 Å². The average molecular weight is 187 g/mol. The molecule has 0 spiro atoms. The van der Waals surface area contributed by atoms with Crippen LogP contribution in [0.4, 0.5) is 0 Å². The van der Waals surface area contributed by atoms with Gasteiger partial charge >= 0.3 is 0 Å². The van der Waals surface area contributed by atoms with Crippen molar-refractivity contribution in [1.82, 2.24) is 5.32 Å². The van der Waals surface area contributed by atoms with Crippen molar-refractivity contribution in [2.45, 2.75) is 25.8 Å². The highest BCUT2D eigenvalue weighted by Crippen LogP contribution is 2.12. The Kier molecular flexibility index (Phi) is 4.22. The van der Waals surface area contributed by atoms with Crippen molar-refractivity contribution in [3.63, 3.8) is 0 Å². The molecule has 0 fully saturated rings. The predicted octanol–water partition coefficient (Wildman–Crippen LogP) is 2.40. The van der Waals surface area contributed by atoms with E-state index in [4.69, 9.17) is 6.42 Å². The molecule has 1 N–H and O–H groups in total. The van der Waals surface area contributed by atoms with Crippen molar-refractivity contribution in [3.05, 3.63) is 35.9 Å². The Balaban J connectivity index is 2.44. The summed E-state index contributed by atoms with van der Waals surface area (Å²) in [4.78, 5) is 0.